The van der Waals surface area contributed by atoms with Gasteiger partial charge >= 0.3 is 0 Å². The lowest BCUT2D eigenvalue weighted by Gasteiger charge is -2.11. The zero-order chi connectivity index (χ0) is 8.97. The highest BCUT2D eigenvalue weighted by Gasteiger charge is 2.03. The minimum absolute atomic E-state index is 0.0217. The van der Waals surface area contributed by atoms with Crippen molar-refractivity contribution in [2.75, 3.05) is 11.9 Å². The molecule has 0 aromatic carbocycles. The predicted octanol–water partition coefficient (Wildman–Crippen LogP) is 0.874. The number of nitrogens with one attached hydrogen (secondary N) is 1. The second kappa shape index (κ2) is 4.56. The van der Waals surface area contributed by atoms with Gasteiger partial charge in [-0.3, -0.25) is 0 Å². The van der Waals surface area contributed by atoms with Crippen LogP contribution in [0.3, 0.4) is 0 Å². The fourth-order valence-corrected chi connectivity index (χ4v) is 1.15. The molecule has 0 amide bonds. The highest BCUT2D eigenvalue weighted by Crippen LogP contribution is 2.12. The van der Waals surface area contributed by atoms with Crippen LogP contribution in [0.4, 0.5) is 5.82 Å². The number of aromatic nitrogens is 2. The Morgan fingerprint density at radius 2 is 2.50 bits per heavy atom. The number of hydrogen-bond acceptors (Lipinski definition) is 4. The predicted molar refractivity (Wildman–Crippen MR) is 54.9 cm³/mol. The molecule has 66 valence electrons. The molecule has 1 unspecified atom stereocenters. The van der Waals surface area contributed by atoms with Crippen molar-refractivity contribution in [3.8, 4) is 0 Å². The summed E-state index contributed by atoms with van der Waals surface area (Å²) in [5, 5.41) is 11.8. The van der Waals surface area contributed by atoms with Gasteiger partial charge in [-0.05, 0) is 29.5 Å². The molecular weight excluding hydrogens is 269 g/mol. The molecule has 12 heavy (non-hydrogen) atoms. The van der Waals surface area contributed by atoms with Crippen LogP contribution in [0.15, 0.2) is 12.5 Å². The molecule has 5 heteroatoms. The monoisotopic (exact) mass is 279 g/mol. The third-order valence-corrected chi connectivity index (χ3v) is 2.11. The Morgan fingerprint density at radius 3 is 3.08 bits per heavy atom. The SMILES string of the molecule is CC(CO)Nc1ncncc1I. The first kappa shape index (κ1) is 9.66. The van der Waals surface area contributed by atoms with E-state index in [0.717, 1.165) is 9.39 Å². The average molecular weight is 279 g/mol. The molecule has 0 fully saturated rings. The van der Waals surface area contributed by atoms with Gasteiger partial charge in [-0.2, -0.15) is 0 Å². The van der Waals surface area contributed by atoms with Crippen LogP contribution in [0, 0.1) is 3.57 Å². The van der Waals surface area contributed by atoms with Gasteiger partial charge in [0.2, 0.25) is 0 Å². The summed E-state index contributed by atoms with van der Waals surface area (Å²) in [4.78, 5) is 7.88. The zero-order valence-electron chi connectivity index (χ0n) is 6.66. The van der Waals surface area contributed by atoms with Gasteiger partial charge in [-0.15, -0.1) is 0 Å². The highest BCUT2D eigenvalue weighted by molar-refractivity contribution is 14.1. The van der Waals surface area contributed by atoms with Crippen molar-refractivity contribution < 1.29 is 5.11 Å². The second-order valence-electron chi connectivity index (χ2n) is 2.45. The van der Waals surface area contributed by atoms with Gasteiger partial charge < -0.3 is 10.4 Å². The molecule has 1 rings (SSSR count). The summed E-state index contributed by atoms with van der Waals surface area (Å²) in [6.07, 6.45) is 3.20. The summed E-state index contributed by atoms with van der Waals surface area (Å²) in [5.74, 6) is 0.771. The molecule has 0 saturated heterocycles. The summed E-state index contributed by atoms with van der Waals surface area (Å²) in [5.41, 5.74) is 0. The van der Waals surface area contributed by atoms with Crippen molar-refractivity contribution in [1.82, 2.24) is 9.97 Å². The van der Waals surface area contributed by atoms with E-state index < -0.39 is 0 Å². The summed E-state index contributed by atoms with van der Waals surface area (Å²) < 4.78 is 0.954. The third-order valence-electron chi connectivity index (χ3n) is 1.32. The lowest BCUT2D eigenvalue weighted by molar-refractivity contribution is 0.281. The molecule has 0 aliphatic heterocycles. The molecule has 0 bridgehead atoms. The molecule has 0 saturated carbocycles. The molecule has 0 aliphatic rings. The maximum Gasteiger partial charge on any atom is 0.143 e. The van der Waals surface area contributed by atoms with Gasteiger partial charge in [0, 0.05) is 12.2 Å². The van der Waals surface area contributed by atoms with Crippen LogP contribution in [0.25, 0.3) is 0 Å². The van der Waals surface area contributed by atoms with Gasteiger partial charge in [0.25, 0.3) is 0 Å². The Kier molecular flexibility index (Phi) is 3.67. The molecular formula is C7H10IN3O. The van der Waals surface area contributed by atoms with Crippen LogP contribution in [0.2, 0.25) is 0 Å². The number of halogens is 1. The zero-order valence-corrected chi connectivity index (χ0v) is 8.82. The maximum absolute atomic E-state index is 8.78. The first-order valence-electron chi connectivity index (χ1n) is 3.57. The van der Waals surface area contributed by atoms with E-state index >= 15 is 0 Å². The van der Waals surface area contributed by atoms with Crippen molar-refractivity contribution >= 4 is 28.4 Å². The van der Waals surface area contributed by atoms with Gasteiger partial charge in [0.15, 0.2) is 0 Å². The Bertz CT molecular complexity index is 256. The Morgan fingerprint density at radius 1 is 1.75 bits per heavy atom. The maximum atomic E-state index is 8.78. The van der Waals surface area contributed by atoms with E-state index in [-0.39, 0.29) is 12.6 Å². The quantitative estimate of drug-likeness (QED) is 0.806. The van der Waals surface area contributed by atoms with Crippen molar-refractivity contribution in [1.29, 1.82) is 0 Å². The van der Waals surface area contributed by atoms with Crippen LogP contribution in [-0.2, 0) is 0 Å². The van der Waals surface area contributed by atoms with Crippen molar-refractivity contribution in [2.45, 2.75) is 13.0 Å². The molecule has 0 spiro atoms. The smallest absolute Gasteiger partial charge is 0.143 e. The Hall–Kier alpha value is -0.430. The molecule has 0 radical (unpaired) electrons. The van der Waals surface area contributed by atoms with Crippen LogP contribution in [-0.4, -0.2) is 27.7 Å². The van der Waals surface area contributed by atoms with Crippen molar-refractivity contribution in [3.63, 3.8) is 0 Å². The normalized spacial score (nSPS) is 12.6. The highest BCUT2D eigenvalue weighted by atomic mass is 127. The van der Waals surface area contributed by atoms with Crippen LogP contribution >= 0.6 is 22.6 Å². The average Bonchev–Trinajstić information content (AvgIpc) is 2.09. The van der Waals surface area contributed by atoms with E-state index in [1.165, 1.54) is 6.33 Å². The van der Waals surface area contributed by atoms with Crippen LogP contribution < -0.4 is 5.32 Å². The minimum Gasteiger partial charge on any atom is -0.394 e. The van der Waals surface area contributed by atoms with Gasteiger partial charge in [-0.1, -0.05) is 0 Å². The topological polar surface area (TPSA) is 58.0 Å². The number of nitrogens with zero attached hydrogens (tertiary/aromatic N) is 2. The van der Waals surface area contributed by atoms with Crippen molar-refractivity contribution in [2.24, 2.45) is 0 Å². The molecule has 4 nitrogen and oxygen atoms in total. The number of aliphatic hydroxyl groups excluding tert-OH is 1. The fraction of sp³-hybridized carbons (Fsp3) is 0.429. The van der Waals surface area contributed by atoms with Crippen LogP contribution in [0.5, 0.6) is 0 Å². The minimum atomic E-state index is 0.0217. The van der Waals surface area contributed by atoms with E-state index in [2.05, 4.69) is 37.9 Å². The number of hydrogen-bond donors (Lipinski definition) is 2. The molecule has 2 N–H and O–H groups in total. The Labute approximate surface area is 84.6 Å². The van der Waals surface area contributed by atoms with Gasteiger partial charge in [-0.25, -0.2) is 9.97 Å². The van der Waals surface area contributed by atoms with E-state index in [1.807, 2.05) is 6.92 Å². The first-order chi connectivity index (χ1) is 5.74. The Balaban J connectivity index is 2.69. The van der Waals surface area contributed by atoms with Crippen LogP contribution in [0.1, 0.15) is 6.92 Å². The van der Waals surface area contributed by atoms with Gasteiger partial charge in [0.05, 0.1) is 10.2 Å². The van der Waals surface area contributed by atoms with E-state index in [9.17, 15) is 0 Å². The van der Waals surface area contributed by atoms with E-state index in [0.29, 0.717) is 0 Å². The summed E-state index contributed by atoms with van der Waals surface area (Å²) in [6, 6.07) is 0.0217. The van der Waals surface area contributed by atoms with E-state index in [1.54, 1.807) is 6.20 Å². The molecule has 1 atom stereocenters. The number of aliphatic hydroxyl groups is 1. The molecule has 0 aliphatic carbocycles. The third kappa shape index (κ3) is 2.56. The lowest BCUT2D eigenvalue weighted by Crippen LogP contribution is -2.20. The van der Waals surface area contributed by atoms with Crippen molar-refractivity contribution in [3.05, 3.63) is 16.1 Å². The van der Waals surface area contributed by atoms with E-state index in [4.69, 9.17) is 5.11 Å². The summed E-state index contributed by atoms with van der Waals surface area (Å²) in [7, 11) is 0. The number of rotatable bonds is 3. The first-order valence-corrected chi connectivity index (χ1v) is 4.65. The second-order valence-corrected chi connectivity index (χ2v) is 3.61. The standard InChI is InChI=1S/C7H10IN3O/c1-5(3-12)11-7-6(8)2-9-4-10-7/h2,4-5,12H,3H2,1H3,(H,9,10,11). The van der Waals surface area contributed by atoms with Gasteiger partial charge in [0.1, 0.15) is 12.1 Å². The molecule has 1 aromatic heterocycles. The largest absolute Gasteiger partial charge is 0.394 e. The molecule has 1 aromatic rings. The molecule has 1 heterocycles. The fourth-order valence-electron chi connectivity index (χ4n) is 0.698. The summed E-state index contributed by atoms with van der Waals surface area (Å²) >= 11 is 2.14. The summed E-state index contributed by atoms with van der Waals surface area (Å²) in [6.45, 7) is 1.98. The number of anilines is 1. The lowest BCUT2D eigenvalue weighted by atomic mass is 10.3.